The van der Waals surface area contributed by atoms with E-state index in [1.54, 1.807) is 19.2 Å². The first-order chi connectivity index (χ1) is 15.3. The second kappa shape index (κ2) is 10.6. The van der Waals surface area contributed by atoms with Crippen molar-refractivity contribution in [2.24, 2.45) is 0 Å². The summed E-state index contributed by atoms with van der Waals surface area (Å²) in [6, 6.07) is 18.3. The molecule has 0 aliphatic rings. The lowest BCUT2D eigenvalue weighted by Crippen LogP contribution is -2.34. The molecule has 170 valence electrons. The van der Waals surface area contributed by atoms with Crippen molar-refractivity contribution >= 4 is 21.6 Å². The third-order valence-corrected chi connectivity index (χ3v) is 6.95. The highest BCUT2D eigenvalue weighted by Crippen LogP contribution is 2.21. The number of nitrogens with one attached hydrogen (secondary N) is 1. The molecule has 0 spiro atoms. The molecule has 0 bridgehead atoms. The van der Waals surface area contributed by atoms with Crippen LogP contribution in [0.2, 0.25) is 0 Å². The van der Waals surface area contributed by atoms with Crippen molar-refractivity contribution in [1.82, 2.24) is 8.87 Å². The summed E-state index contributed by atoms with van der Waals surface area (Å²) in [5.74, 6) is -0.211. The molecule has 32 heavy (non-hydrogen) atoms. The topological polar surface area (TPSA) is 80.6 Å². The standard InChI is InChI=1S/C24H29N3O4S/c1-19-6-8-21(9-7-19)17-26-14-4-5-23(26)18-27(15-16-31-3)32(29,30)24-12-10-22(11-13-24)25-20(2)28/h4-14H,15-18H2,1-3H3,(H,25,28). The smallest absolute Gasteiger partial charge is 0.243 e. The van der Waals surface area contributed by atoms with Crippen molar-refractivity contribution in [3.63, 3.8) is 0 Å². The lowest BCUT2D eigenvalue weighted by Gasteiger charge is -2.23. The van der Waals surface area contributed by atoms with Gasteiger partial charge in [-0.15, -0.1) is 0 Å². The zero-order valence-corrected chi connectivity index (χ0v) is 19.4. The molecule has 0 fully saturated rings. The number of hydrogen-bond acceptors (Lipinski definition) is 4. The van der Waals surface area contributed by atoms with E-state index in [0.717, 1.165) is 11.3 Å². The van der Waals surface area contributed by atoms with Crippen LogP contribution >= 0.6 is 0 Å². The molecule has 0 atom stereocenters. The van der Waals surface area contributed by atoms with Crippen LogP contribution in [-0.4, -0.2) is 43.5 Å². The van der Waals surface area contributed by atoms with Gasteiger partial charge in [-0.1, -0.05) is 29.8 Å². The van der Waals surface area contributed by atoms with E-state index in [-0.39, 0.29) is 30.5 Å². The fourth-order valence-electron chi connectivity index (χ4n) is 3.36. The zero-order valence-electron chi connectivity index (χ0n) is 18.6. The van der Waals surface area contributed by atoms with Gasteiger partial charge in [0.05, 0.1) is 18.0 Å². The van der Waals surface area contributed by atoms with Crippen LogP contribution in [0.25, 0.3) is 0 Å². The first kappa shape index (κ1) is 23.7. The van der Waals surface area contributed by atoms with Crippen LogP contribution in [0.1, 0.15) is 23.7 Å². The van der Waals surface area contributed by atoms with Crippen molar-refractivity contribution in [3.8, 4) is 0 Å². The molecule has 0 saturated heterocycles. The van der Waals surface area contributed by atoms with Gasteiger partial charge in [-0.25, -0.2) is 8.42 Å². The summed E-state index contributed by atoms with van der Waals surface area (Å²) in [5, 5.41) is 2.65. The van der Waals surface area contributed by atoms with E-state index in [9.17, 15) is 13.2 Å². The third-order valence-electron chi connectivity index (χ3n) is 5.09. The Bertz CT molecular complexity index is 1140. The Labute approximate surface area is 189 Å². The number of aryl methyl sites for hydroxylation is 1. The molecular formula is C24H29N3O4S. The molecule has 0 radical (unpaired) electrons. The van der Waals surface area contributed by atoms with Crippen molar-refractivity contribution in [3.05, 3.63) is 83.7 Å². The number of benzene rings is 2. The van der Waals surface area contributed by atoms with Gasteiger partial charge in [-0.2, -0.15) is 4.31 Å². The number of anilines is 1. The average Bonchev–Trinajstić information content (AvgIpc) is 3.19. The number of carbonyl (C=O) groups is 1. The number of nitrogens with zero attached hydrogens (tertiary/aromatic N) is 2. The number of sulfonamides is 1. The van der Waals surface area contributed by atoms with Crippen LogP contribution < -0.4 is 5.32 Å². The number of carbonyl (C=O) groups excluding carboxylic acids is 1. The third kappa shape index (κ3) is 6.06. The minimum absolute atomic E-state index is 0.166. The summed E-state index contributed by atoms with van der Waals surface area (Å²) in [6.45, 7) is 4.84. The van der Waals surface area contributed by atoms with Gasteiger partial charge < -0.3 is 14.6 Å². The van der Waals surface area contributed by atoms with E-state index in [4.69, 9.17) is 4.74 Å². The van der Waals surface area contributed by atoms with Crippen molar-refractivity contribution < 1.29 is 17.9 Å². The first-order valence-corrected chi connectivity index (χ1v) is 11.8. The summed E-state index contributed by atoms with van der Waals surface area (Å²) >= 11 is 0. The second-order valence-electron chi connectivity index (χ2n) is 7.65. The summed E-state index contributed by atoms with van der Waals surface area (Å²) in [7, 11) is -2.21. The molecule has 0 aliphatic heterocycles. The van der Waals surface area contributed by atoms with Gasteiger partial charge in [0.2, 0.25) is 15.9 Å². The lowest BCUT2D eigenvalue weighted by molar-refractivity contribution is -0.114. The number of rotatable bonds is 10. The molecule has 1 N–H and O–H groups in total. The van der Waals surface area contributed by atoms with Crippen LogP contribution in [0, 0.1) is 6.92 Å². The molecule has 2 aromatic carbocycles. The zero-order chi connectivity index (χ0) is 23.1. The summed E-state index contributed by atoms with van der Waals surface area (Å²) in [6.07, 6.45) is 1.96. The fourth-order valence-corrected chi connectivity index (χ4v) is 4.75. The van der Waals surface area contributed by atoms with Crippen LogP contribution in [0.4, 0.5) is 5.69 Å². The molecule has 3 rings (SSSR count). The van der Waals surface area contributed by atoms with Crippen molar-refractivity contribution in [2.75, 3.05) is 25.6 Å². The SMILES string of the molecule is COCCN(Cc1cccn1Cc1ccc(C)cc1)S(=O)(=O)c1ccc(NC(C)=O)cc1. The first-order valence-electron chi connectivity index (χ1n) is 10.4. The van der Waals surface area contributed by atoms with E-state index in [0.29, 0.717) is 12.2 Å². The van der Waals surface area contributed by atoms with Gasteiger partial charge in [-0.3, -0.25) is 4.79 Å². The highest BCUT2D eigenvalue weighted by Gasteiger charge is 2.25. The molecule has 3 aromatic rings. The minimum Gasteiger partial charge on any atom is -0.383 e. The Morgan fingerprint density at radius 2 is 1.75 bits per heavy atom. The van der Waals surface area contributed by atoms with Gasteiger partial charge in [0.25, 0.3) is 0 Å². The number of aromatic nitrogens is 1. The van der Waals surface area contributed by atoms with Gasteiger partial charge in [0.1, 0.15) is 0 Å². The van der Waals surface area contributed by atoms with Crippen LogP contribution in [0.15, 0.2) is 71.8 Å². The molecule has 1 heterocycles. The monoisotopic (exact) mass is 455 g/mol. The molecule has 1 aromatic heterocycles. The Balaban J connectivity index is 1.83. The molecule has 0 saturated carbocycles. The fraction of sp³-hybridized carbons (Fsp3) is 0.292. The van der Waals surface area contributed by atoms with Gasteiger partial charge in [0, 0.05) is 44.7 Å². The number of hydrogen-bond donors (Lipinski definition) is 1. The Hall–Kier alpha value is -2.94. The van der Waals surface area contributed by atoms with Gasteiger partial charge in [0.15, 0.2) is 0 Å². The van der Waals surface area contributed by atoms with E-state index in [1.807, 2.05) is 25.3 Å². The summed E-state index contributed by atoms with van der Waals surface area (Å²) < 4.78 is 35.4. The van der Waals surface area contributed by atoms with E-state index < -0.39 is 10.0 Å². The largest absolute Gasteiger partial charge is 0.383 e. The van der Waals surface area contributed by atoms with Crippen LogP contribution in [0.3, 0.4) is 0 Å². The predicted molar refractivity (Wildman–Crippen MR) is 125 cm³/mol. The Morgan fingerprint density at radius 1 is 1.06 bits per heavy atom. The number of ether oxygens (including phenoxy) is 1. The summed E-state index contributed by atoms with van der Waals surface area (Å²) in [5.41, 5.74) is 3.78. The highest BCUT2D eigenvalue weighted by atomic mass is 32.2. The molecule has 7 nitrogen and oxygen atoms in total. The van der Waals surface area contributed by atoms with E-state index >= 15 is 0 Å². The Morgan fingerprint density at radius 3 is 2.38 bits per heavy atom. The molecule has 0 aliphatic carbocycles. The normalized spacial score (nSPS) is 11.6. The molecular weight excluding hydrogens is 426 g/mol. The number of amides is 1. The summed E-state index contributed by atoms with van der Waals surface area (Å²) in [4.78, 5) is 11.4. The molecule has 8 heteroatoms. The predicted octanol–water partition coefficient (Wildman–Crippen LogP) is 3.64. The maximum atomic E-state index is 13.4. The number of methoxy groups -OCH3 is 1. The minimum atomic E-state index is -3.76. The van der Waals surface area contributed by atoms with Crippen molar-refractivity contribution in [1.29, 1.82) is 0 Å². The Kier molecular flexibility index (Phi) is 7.84. The molecule has 1 amide bonds. The highest BCUT2D eigenvalue weighted by molar-refractivity contribution is 7.89. The van der Waals surface area contributed by atoms with E-state index in [2.05, 4.69) is 34.1 Å². The van der Waals surface area contributed by atoms with E-state index in [1.165, 1.54) is 28.9 Å². The lowest BCUT2D eigenvalue weighted by atomic mass is 10.1. The second-order valence-corrected chi connectivity index (χ2v) is 9.59. The quantitative estimate of drug-likeness (QED) is 0.506. The van der Waals surface area contributed by atoms with Crippen LogP contribution in [0.5, 0.6) is 0 Å². The maximum Gasteiger partial charge on any atom is 0.243 e. The van der Waals surface area contributed by atoms with Crippen molar-refractivity contribution in [2.45, 2.75) is 31.8 Å². The maximum absolute atomic E-state index is 13.4. The van der Waals surface area contributed by atoms with Gasteiger partial charge in [-0.05, 0) is 48.9 Å². The molecule has 0 unspecified atom stereocenters. The van der Waals surface area contributed by atoms with Crippen LogP contribution in [-0.2, 0) is 32.6 Å². The average molecular weight is 456 g/mol. The van der Waals surface area contributed by atoms with Gasteiger partial charge >= 0.3 is 0 Å².